The fourth-order valence-electron chi connectivity index (χ4n) is 4.94. The lowest BCUT2D eigenvalue weighted by molar-refractivity contribution is -0.135. The third kappa shape index (κ3) is 3.91. The first-order valence-electron chi connectivity index (χ1n) is 10.2. The number of pyridine rings is 1. The van der Waals surface area contributed by atoms with E-state index < -0.39 is 0 Å². The number of fused-ring (bicyclic) bond motifs is 1. The molecule has 1 amide bonds. The molecule has 4 heteroatoms. The van der Waals surface area contributed by atoms with E-state index >= 15 is 0 Å². The standard InChI is InChI=1S/C23H29N3O/c1-25-15-12-20(19-9-3-2-4-10-19)23-21(25)11-5-6-14-26(23)22(27)16-18-8-7-13-24-17-18/h2-4,7-10,13,17,20-21,23H,5-6,11-12,14-16H2,1H3/t20-,21-,23-/m1/s1. The van der Waals surface area contributed by atoms with Crippen LogP contribution in [-0.4, -0.2) is 52.9 Å². The Labute approximate surface area is 162 Å². The molecule has 2 aliphatic rings. The molecular weight excluding hydrogens is 334 g/mol. The number of carbonyl (C=O) groups excluding carboxylic acids is 1. The van der Waals surface area contributed by atoms with E-state index in [-0.39, 0.29) is 11.9 Å². The van der Waals surface area contributed by atoms with Crippen LogP contribution in [0.4, 0.5) is 0 Å². The van der Waals surface area contributed by atoms with Crippen LogP contribution in [0.15, 0.2) is 54.9 Å². The molecular formula is C23H29N3O. The maximum Gasteiger partial charge on any atom is 0.227 e. The summed E-state index contributed by atoms with van der Waals surface area (Å²) in [4.78, 5) is 22.2. The topological polar surface area (TPSA) is 36.4 Å². The van der Waals surface area contributed by atoms with Gasteiger partial charge in [0.15, 0.2) is 0 Å². The zero-order chi connectivity index (χ0) is 18.6. The lowest BCUT2D eigenvalue weighted by Crippen LogP contribution is -2.58. The highest BCUT2D eigenvalue weighted by atomic mass is 16.2. The molecule has 142 valence electrons. The van der Waals surface area contributed by atoms with Gasteiger partial charge in [-0.1, -0.05) is 42.8 Å². The average molecular weight is 364 g/mol. The Hall–Kier alpha value is -2.20. The van der Waals surface area contributed by atoms with Crippen molar-refractivity contribution in [2.45, 2.75) is 50.1 Å². The van der Waals surface area contributed by atoms with E-state index in [1.165, 1.54) is 18.4 Å². The molecule has 0 saturated carbocycles. The van der Waals surface area contributed by atoms with Gasteiger partial charge in [-0.2, -0.15) is 0 Å². The summed E-state index contributed by atoms with van der Waals surface area (Å²) in [6.45, 7) is 1.97. The van der Waals surface area contributed by atoms with Gasteiger partial charge in [0, 0.05) is 30.9 Å². The number of rotatable bonds is 3. The van der Waals surface area contributed by atoms with Gasteiger partial charge in [-0.05, 0) is 50.0 Å². The lowest BCUT2D eigenvalue weighted by Gasteiger charge is -2.48. The Morgan fingerprint density at radius 3 is 2.70 bits per heavy atom. The molecule has 0 radical (unpaired) electrons. The molecule has 0 aliphatic carbocycles. The molecule has 1 aromatic heterocycles. The normalized spacial score (nSPS) is 26.3. The molecule has 4 rings (SSSR count). The van der Waals surface area contributed by atoms with Crippen LogP contribution in [0.5, 0.6) is 0 Å². The van der Waals surface area contributed by atoms with Crippen LogP contribution in [0.2, 0.25) is 0 Å². The molecule has 0 N–H and O–H groups in total. The van der Waals surface area contributed by atoms with Gasteiger partial charge in [0.05, 0.1) is 12.5 Å². The molecule has 0 spiro atoms. The highest BCUT2D eigenvalue weighted by Crippen LogP contribution is 2.38. The van der Waals surface area contributed by atoms with Crippen molar-refractivity contribution in [3.63, 3.8) is 0 Å². The van der Waals surface area contributed by atoms with Gasteiger partial charge in [0.25, 0.3) is 0 Å². The minimum Gasteiger partial charge on any atom is -0.337 e. The van der Waals surface area contributed by atoms with E-state index in [0.717, 1.165) is 31.5 Å². The first kappa shape index (κ1) is 18.2. The summed E-state index contributed by atoms with van der Waals surface area (Å²) in [7, 11) is 2.23. The highest BCUT2D eigenvalue weighted by Gasteiger charge is 2.43. The van der Waals surface area contributed by atoms with Crippen molar-refractivity contribution in [1.82, 2.24) is 14.8 Å². The van der Waals surface area contributed by atoms with Crippen molar-refractivity contribution in [2.24, 2.45) is 0 Å². The first-order chi connectivity index (χ1) is 13.2. The third-order valence-electron chi connectivity index (χ3n) is 6.30. The molecule has 0 unspecified atom stereocenters. The number of aromatic nitrogens is 1. The zero-order valence-corrected chi connectivity index (χ0v) is 16.1. The second-order valence-electron chi connectivity index (χ2n) is 7.97. The maximum atomic E-state index is 13.3. The molecule has 2 aromatic rings. The molecule has 27 heavy (non-hydrogen) atoms. The summed E-state index contributed by atoms with van der Waals surface area (Å²) in [5, 5.41) is 0. The van der Waals surface area contributed by atoms with E-state index in [4.69, 9.17) is 0 Å². The van der Waals surface area contributed by atoms with Crippen LogP contribution in [0.3, 0.4) is 0 Å². The van der Waals surface area contributed by atoms with Crippen LogP contribution in [-0.2, 0) is 11.2 Å². The molecule has 3 atom stereocenters. The van der Waals surface area contributed by atoms with Crippen LogP contribution < -0.4 is 0 Å². The zero-order valence-electron chi connectivity index (χ0n) is 16.1. The quantitative estimate of drug-likeness (QED) is 0.837. The largest absolute Gasteiger partial charge is 0.337 e. The van der Waals surface area contributed by atoms with Crippen LogP contribution in [0.25, 0.3) is 0 Å². The second kappa shape index (κ2) is 8.22. The number of carbonyl (C=O) groups is 1. The molecule has 1 aromatic carbocycles. The summed E-state index contributed by atoms with van der Waals surface area (Å²) < 4.78 is 0. The van der Waals surface area contributed by atoms with Gasteiger partial charge < -0.3 is 9.80 Å². The number of nitrogens with zero attached hydrogens (tertiary/aromatic N) is 3. The van der Waals surface area contributed by atoms with Crippen molar-refractivity contribution >= 4 is 5.91 Å². The van der Waals surface area contributed by atoms with Gasteiger partial charge in [-0.3, -0.25) is 9.78 Å². The average Bonchev–Trinajstić information content (AvgIpc) is 2.94. The summed E-state index contributed by atoms with van der Waals surface area (Å²) in [6, 6.07) is 15.4. The Morgan fingerprint density at radius 1 is 1.07 bits per heavy atom. The number of piperidine rings is 1. The van der Waals surface area contributed by atoms with Crippen LogP contribution >= 0.6 is 0 Å². The molecule has 2 fully saturated rings. The minimum absolute atomic E-state index is 0.246. The van der Waals surface area contributed by atoms with Crippen LogP contribution in [0, 0.1) is 0 Å². The molecule has 3 heterocycles. The summed E-state index contributed by atoms with van der Waals surface area (Å²) in [6.07, 6.45) is 8.61. The van der Waals surface area contributed by atoms with Crippen molar-refractivity contribution in [2.75, 3.05) is 20.1 Å². The Balaban J connectivity index is 1.65. The minimum atomic E-state index is 0.246. The predicted octanol–water partition coefficient (Wildman–Crippen LogP) is 3.49. The first-order valence-corrected chi connectivity index (χ1v) is 10.2. The van der Waals surface area contributed by atoms with E-state index in [2.05, 4.69) is 52.2 Å². The van der Waals surface area contributed by atoms with Crippen molar-refractivity contribution in [3.8, 4) is 0 Å². The predicted molar refractivity (Wildman–Crippen MR) is 108 cm³/mol. The van der Waals surface area contributed by atoms with Gasteiger partial charge in [-0.25, -0.2) is 0 Å². The fraction of sp³-hybridized carbons (Fsp3) is 0.478. The molecule has 2 saturated heterocycles. The fourth-order valence-corrected chi connectivity index (χ4v) is 4.94. The van der Waals surface area contributed by atoms with E-state index in [1.54, 1.807) is 6.20 Å². The highest BCUT2D eigenvalue weighted by molar-refractivity contribution is 5.79. The SMILES string of the molecule is CN1CC[C@H](c2ccccc2)[C@@H]2[C@H]1CCCCN2C(=O)Cc1cccnc1. The number of likely N-dealkylation sites (tertiary alicyclic amines) is 2. The third-order valence-corrected chi connectivity index (χ3v) is 6.30. The Bertz CT molecular complexity index is 749. The van der Waals surface area contributed by atoms with Gasteiger partial charge in [0.2, 0.25) is 5.91 Å². The summed E-state index contributed by atoms with van der Waals surface area (Å²) >= 11 is 0. The number of benzene rings is 1. The summed E-state index contributed by atoms with van der Waals surface area (Å²) in [5.74, 6) is 0.666. The van der Waals surface area contributed by atoms with E-state index in [0.29, 0.717) is 18.4 Å². The van der Waals surface area contributed by atoms with Crippen molar-refractivity contribution in [3.05, 3.63) is 66.0 Å². The lowest BCUT2D eigenvalue weighted by atomic mass is 9.79. The van der Waals surface area contributed by atoms with E-state index in [1.807, 2.05) is 18.3 Å². The Kier molecular flexibility index (Phi) is 5.53. The molecule has 0 bridgehead atoms. The number of likely N-dealkylation sites (N-methyl/N-ethyl adjacent to an activating group) is 1. The molecule has 2 aliphatic heterocycles. The van der Waals surface area contributed by atoms with Gasteiger partial charge in [0.1, 0.15) is 0 Å². The number of amides is 1. The van der Waals surface area contributed by atoms with E-state index in [9.17, 15) is 4.79 Å². The number of hydrogen-bond acceptors (Lipinski definition) is 3. The monoisotopic (exact) mass is 363 g/mol. The smallest absolute Gasteiger partial charge is 0.227 e. The Morgan fingerprint density at radius 2 is 1.93 bits per heavy atom. The van der Waals surface area contributed by atoms with Crippen molar-refractivity contribution < 1.29 is 4.79 Å². The van der Waals surface area contributed by atoms with Gasteiger partial charge >= 0.3 is 0 Å². The second-order valence-corrected chi connectivity index (χ2v) is 7.97. The number of hydrogen-bond donors (Lipinski definition) is 0. The van der Waals surface area contributed by atoms with Crippen LogP contribution in [0.1, 0.15) is 42.7 Å². The van der Waals surface area contributed by atoms with Crippen molar-refractivity contribution in [1.29, 1.82) is 0 Å². The van der Waals surface area contributed by atoms with Gasteiger partial charge in [-0.15, -0.1) is 0 Å². The molecule has 4 nitrogen and oxygen atoms in total. The summed E-state index contributed by atoms with van der Waals surface area (Å²) in [5.41, 5.74) is 2.38. The maximum absolute atomic E-state index is 13.3.